The van der Waals surface area contributed by atoms with Crippen LogP contribution in [-0.2, 0) is 25.5 Å². The van der Waals surface area contributed by atoms with Gasteiger partial charge < -0.3 is 29.7 Å². The number of aromatic amines is 1. The molecule has 2 N–H and O–H groups in total. The SMILES string of the molecule is CC(=O)N1CCCC(c2cccc(C(=O)N[C@@H](C(=O)N3CCC(OC4CCN(CC(=O)N5CCN(C(=O)c6cc(Cc7n[nH]c(=O)c8ccccc78)ccc6F)CC5)CC4)CC3)C3CCCCC3)c2F)C1. The van der Waals surface area contributed by atoms with Crippen LogP contribution in [0.3, 0.4) is 0 Å². The van der Waals surface area contributed by atoms with Crippen LogP contribution in [0.25, 0.3) is 10.8 Å². The summed E-state index contributed by atoms with van der Waals surface area (Å²) in [6.45, 7) is 6.53. The molecule has 5 heterocycles. The standard InChI is InChI=1S/C54H66F2N8O7/c1-35(65)64-22-8-11-38(33-64)41-14-7-15-44(49(41)56)51(67)57-50(37-9-3-2-4-10-37)54(70)62-25-20-40(21-26-62)71-39-18-23-60(24-19-39)34-48(66)61-27-29-63(30-28-61)53(69)45-31-36(16-17-46(45)55)32-47-42-12-5-6-13-43(42)52(68)59-58-47/h5-7,12-17,31,37-40,50H,2-4,8-11,18-30,32-34H2,1H3,(H,57,67)(H,59,68)/t38?,50-/m1/s1. The minimum absolute atomic E-state index is 0.00894. The lowest BCUT2D eigenvalue weighted by Crippen LogP contribution is -2.55. The van der Waals surface area contributed by atoms with Gasteiger partial charge >= 0.3 is 0 Å². The van der Waals surface area contributed by atoms with E-state index in [9.17, 15) is 28.8 Å². The van der Waals surface area contributed by atoms with Gasteiger partial charge in [0.2, 0.25) is 17.7 Å². The summed E-state index contributed by atoms with van der Waals surface area (Å²) in [7, 11) is 0. The molecule has 5 fully saturated rings. The van der Waals surface area contributed by atoms with Gasteiger partial charge in [-0.3, -0.25) is 33.7 Å². The predicted molar refractivity (Wildman–Crippen MR) is 263 cm³/mol. The largest absolute Gasteiger partial charge is 0.375 e. The molecule has 2 atom stereocenters. The van der Waals surface area contributed by atoms with Crippen molar-refractivity contribution in [3.8, 4) is 0 Å². The van der Waals surface area contributed by atoms with Crippen LogP contribution in [0.1, 0.15) is 121 Å². The molecule has 1 aromatic heterocycles. The summed E-state index contributed by atoms with van der Waals surface area (Å²) in [4.78, 5) is 88.6. The number of aromatic nitrogens is 2. The van der Waals surface area contributed by atoms with E-state index in [4.69, 9.17) is 4.74 Å². The summed E-state index contributed by atoms with van der Waals surface area (Å²) < 4.78 is 37.8. The highest BCUT2D eigenvalue weighted by atomic mass is 19.1. The number of carbonyl (C=O) groups excluding carboxylic acids is 5. The van der Waals surface area contributed by atoms with Crippen molar-refractivity contribution in [3.63, 3.8) is 0 Å². The summed E-state index contributed by atoms with van der Waals surface area (Å²) in [5.41, 5.74) is 1.32. The van der Waals surface area contributed by atoms with Crippen LogP contribution in [-0.4, -0.2) is 154 Å². The number of piperazine rings is 1. The lowest BCUT2D eigenvalue weighted by Gasteiger charge is -2.40. The Morgan fingerprint density at radius 3 is 2.13 bits per heavy atom. The molecule has 4 aromatic rings. The quantitative estimate of drug-likeness (QED) is 0.182. The molecule has 15 nitrogen and oxygen atoms in total. The van der Waals surface area contributed by atoms with Crippen LogP contribution in [0.5, 0.6) is 0 Å². The van der Waals surface area contributed by atoms with Crippen LogP contribution in [0.2, 0.25) is 0 Å². The normalized spacial score (nSPS) is 20.5. The minimum Gasteiger partial charge on any atom is -0.375 e. The first kappa shape index (κ1) is 49.9. The molecule has 1 unspecified atom stereocenters. The highest BCUT2D eigenvalue weighted by Gasteiger charge is 2.38. The molecule has 0 bridgehead atoms. The molecular weight excluding hydrogens is 911 g/mol. The van der Waals surface area contributed by atoms with Gasteiger partial charge in [0.05, 0.1) is 41.0 Å². The van der Waals surface area contributed by atoms with E-state index in [1.807, 2.05) is 17.0 Å². The molecular formula is C54H66F2N8O7. The highest BCUT2D eigenvalue weighted by Crippen LogP contribution is 2.32. The third kappa shape index (κ3) is 11.7. The molecule has 1 aliphatic carbocycles. The van der Waals surface area contributed by atoms with Gasteiger partial charge in [-0.2, -0.15) is 5.10 Å². The van der Waals surface area contributed by atoms with Crippen LogP contribution in [0.4, 0.5) is 8.78 Å². The van der Waals surface area contributed by atoms with Crippen molar-refractivity contribution in [2.45, 2.75) is 108 Å². The smallest absolute Gasteiger partial charge is 0.272 e. The average Bonchev–Trinajstić information content (AvgIpc) is 3.40. The van der Waals surface area contributed by atoms with E-state index >= 15 is 8.78 Å². The molecule has 5 aliphatic rings. The van der Waals surface area contributed by atoms with Gasteiger partial charge in [0.25, 0.3) is 17.4 Å². The predicted octanol–water partition coefficient (Wildman–Crippen LogP) is 5.65. The highest BCUT2D eigenvalue weighted by molar-refractivity contribution is 5.98. The number of hydrogen-bond acceptors (Lipinski definition) is 9. The Balaban J connectivity index is 0.714. The van der Waals surface area contributed by atoms with Crippen molar-refractivity contribution in [3.05, 3.63) is 111 Å². The molecule has 0 radical (unpaired) electrons. The van der Waals surface area contributed by atoms with Gasteiger partial charge in [-0.15, -0.1) is 0 Å². The number of amides is 5. The van der Waals surface area contributed by atoms with E-state index in [1.165, 1.54) is 19.1 Å². The first-order valence-electron chi connectivity index (χ1n) is 25.7. The minimum atomic E-state index is -0.751. The summed E-state index contributed by atoms with van der Waals surface area (Å²) >= 11 is 0. The second-order valence-electron chi connectivity index (χ2n) is 20.2. The van der Waals surface area contributed by atoms with Crippen LogP contribution < -0.4 is 10.9 Å². The number of nitrogens with zero attached hydrogens (tertiary/aromatic N) is 6. The van der Waals surface area contributed by atoms with Crippen molar-refractivity contribution in [1.82, 2.24) is 40.0 Å². The third-order valence-corrected chi connectivity index (χ3v) is 15.6. The van der Waals surface area contributed by atoms with E-state index in [2.05, 4.69) is 20.4 Å². The van der Waals surface area contributed by atoms with Gasteiger partial charge in [0.1, 0.15) is 17.7 Å². The number of benzene rings is 3. The number of carbonyl (C=O) groups is 5. The first-order chi connectivity index (χ1) is 34.4. The second-order valence-corrected chi connectivity index (χ2v) is 20.2. The Morgan fingerprint density at radius 1 is 0.718 bits per heavy atom. The number of piperidine rings is 3. The Morgan fingerprint density at radius 2 is 1.41 bits per heavy atom. The number of rotatable bonds is 12. The molecule has 378 valence electrons. The third-order valence-electron chi connectivity index (χ3n) is 15.6. The molecule has 3 aromatic carbocycles. The van der Waals surface area contributed by atoms with Gasteiger partial charge in [0, 0.05) is 90.1 Å². The number of ether oxygens (including phenoxy) is 1. The second kappa shape index (κ2) is 22.6. The van der Waals surface area contributed by atoms with Crippen molar-refractivity contribution >= 4 is 40.3 Å². The van der Waals surface area contributed by atoms with Crippen LogP contribution >= 0.6 is 0 Å². The summed E-state index contributed by atoms with van der Waals surface area (Å²) in [6.07, 6.45) is 9.38. The number of fused-ring (bicyclic) bond motifs is 1. The van der Waals surface area contributed by atoms with Gasteiger partial charge in [0.15, 0.2) is 0 Å². The molecule has 71 heavy (non-hydrogen) atoms. The Bertz CT molecular complexity index is 2650. The Labute approximate surface area is 413 Å². The van der Waals surface area contributed by atoms with Gasteiger partial charge in [-0.05, 0) is 92.7 Å². The van der Waals surface area contributed by atoms with E-state index in [0.29, 0.717) is 99.2 Å². The molecule has 4 aliphatic heterocycles. The summed E-state index contributed by atoms with van der Waals surface area (Å²) in [5, 5.41) is 11.0. The maximum atomic E-state index is 16.1. The fourth-order valence-electron chi connectivity index (χ4n) is 11.5. The van der Waals surface area contributed by atoms with Gasteiger partial charge in [-0.25, -0.2) is 13.9 Å². The molecule has 0 spiro atoms. The molecule has 5 amide bonds. The lowest BCUT2D eigenvalue weighted by atomic mass is 9.83. The Kier molecular flexibility index (Phi) is 15.9. The number of likely N-dealkylation sites (tertiary alicyclic amines) is 3. The number of H-pyrrole nitrogens is 1. The molecule has 1 saturated carbocycles. The lowest BCUT2D eigenvalue weighted by molar-refractivity contribution is -0.140. The van der Waals surface area contributed by atoms with Crippen molar-refractivity contribution in [2.75, 3.05) is 72.0 Å². The first-order valence-corrected chi connectivity index (χ1v) is 25.7. The number of hydrogen-bond donors (Lipinski definition) is 2. The van der Waals surface area contributed by atoms with Crippen molar-refractivity contribution in [2.24, 2.45) is 5.92 Å². The number of halogens is 2. The van der Waals surface area contributed by atoms with Crippen molar-refractivity contribution in [1.29, 1.82) is 0 Å². The zero-order valence-corrected chi connectivity index (χ0v) is 40.7. The fourth-order valence-corrected chi connectivity index (χ4v) is 11.5. The Hall–Kier alpha value is -6.07. The van der Waals surface area contributed by atoms with E-state index < -0.39 is 29.5 Å². The monoisotopic (exact) mass is 977 g/mol. The zero-order valence-electron chi connectivity index (χ0n) is 40.7. The van der Waals surface area contributed by atoms with Crippen LogP contribution in [0.15, 0.2) is 65.5 Å². The van der Waals surface area contributed by atoms with Crippen molar-refractivity contribution < 1.29 is 37.5 Å². The molecule has 4 saturated heterocycles. The maximum Gasteiger partial charge on any atom is 0.272 e. The van der Waals surface area contributed by atoms with Crippen LogP contribution in [0, 0.1) is 17.6 Å². The summed E-state index contributed by atoms with van der Waals surface area (Å²) in [6, 6.07) is 15.7. The van der Waals surface area contributed by atoms with E-state index in [0.717, 1.165) is 57.8 Å². The molecule has 9 rings (SSSR count). The van der Waals surface area contributed by atoms with Gasteiger partial charge in [-0.1, -0.05) is 55.7 Å². The molecule has 17 heteroatoms. The average molecular weight is 977 g/mol. The zero-order chi connectivity index (χ0) is 49.6. The summed E-state index contributed by atoms with van der Waals surface area (Å²) in [5.74, 6) is -2.63. The topological polar surface area (TPSA) is 169 Å². The van der Waals surface area contributed by atoms with E-state index in [-0.39, 0.29) is 78.1 Å². The number of nitrogens with one attached hydrogen (secondary N) is 2. The maximum absolute atomic E-state index is 16.1. The fraction of sp³-hybridized carbons (Fsp3) is 0.537. The van der Waals surface area contributed by atoms with E-state index in [1.54, 1.807) is 51.1 Å².